The first kappa shape index (κ1) is 15.8. The second-order valence-electron chi connectivity index (χ2n) is 4.35. The van der Waals surface area contributed by atoms with Gasteiger partial charge in [0.1, 0.15) is 11.6 Å². The molecular weight excluding hydrogens is 311 g/mol. The van der Waals surface area contributed by atoms with Crippen molar-refractivity contribution in [3.8, 4) is 5.75 Å². The minimum absolute atomic E-state index is 0.0834. The van der Waals surface area contributed by atoms with E-state index in [-0.39, 0.29) is 17.4 Å². The van der Waals surface area contributed by atoms with Gasteiger partial charge in [0.2, 0.25) is 5.91 Å². The van der Waals surface area contributed by atoms with Gasteiger partial charge >= 0.3 is 0 Å². The summed E-state index contributed by atoms with van der Waals surface area (Å²) in [6, 6.07) is 9.90. The lowest BCUT2D eigenvalue weighted by molar-refractivity contribution is -0.118. The Morgan fingerprint density at radius 2 is 1.86 bits per heavy atom. The predicted molar refractivity (Wildman–Crippen MR) is 80.5 cm³/mol. The van der Waals surface area contributed by atoms with Gasteiger partial charge in [-0.1, -0.05) is 11.6 Å². The summed E-state index contributed by atoms with van der Waals surface area (Å²) < 4.78 is 18.2. The molecule has 0 fully saturated rings. The zero-order valence-electron chi connectivity index (χ0n) is 11.3. The first-order chi connectivity index (χ1) is 10.5. The van der Waals surface area contributed by atoms with Gasteiger partial charge in [-0.2, -0.15) is 0 Å². The highest BCUT2D eigenvalue weighted by Gasteiger charge is 2.07. The van der Waals surface area contributed by atoms with Gasteiger partial charge in [-0.3, -0.25) is 9.59 Å². The number of nitrogens with one attached hydrogen (secondary N) is 1. The molecule has 0 bridgehead atoms. The van der Waals surface area contributed by atoms with Crippen LogP contribution in [0.25, 0.3) is 0 Å². The van der Waals surface area contributed by atoms with Gasteiger partial charge in [-0.15, -0.1) is 0 Å². The van der Waals surface area contributed by atoms with Gasteiger partial charge in [0.25, 0.3) is 5.91 Å². The lowest BCUT2D eigenvalue weighted by Gasteiger charge is -2.08. The van der Waals surface area contributed by atoms with E-state index in [9.17, 15) is 14.0 Å². The predicted octanol–water partition coefficient (Wildman–Crippen LogP) is 2.60. The summed E-state index contributed by atoms with van der Waals surface area (Å²) in [5, 5.41) is 2.50. The smallest absolute Gasteiger partial charge is 0.262 e. The van der Waals surface area contributed by atoms with Gasteiger partial charge < -0.3 is 15.8 Å². The number of anilines is 1. The molecule has 0 atom stereocenters. The molecule has 0 aromatic heterocycles. The summed E-state index contributed by atoms with van der Waals surface area (Å²) in [6.45, 7) is -0.264. The number of halogens is 2. The number of hydrogen-bond donors (Lipinski definition) is 2. The SMILES string of the molecule is NC(=O)c1ccc(NC(=O)COc2ccc(F)c(Cl)c2)cc1. The first-order valence-corrected chi connectivity index (χ1v) is 6.61. The van der Waals surface area contributed by atoms with E-state index in [4.69, 9.17) is 22.1 Å². The van der Waals surface area contributed by atoms with Crippen molar-refractivity contribution in [2.24, 2.45) is 5.73 Å². The van der Waals surface area contributed by atoms with Gasteiger partial charge in [0.15, 0.2) is 6.61 Å². The average Bonchev–Trinajstić information content (AvgIpc) is 2.49. The molecule has 2 rings (SSSR count). The second-order valence-corrected chi connectivity index (χ2v) is 4.76. The van der Waals surface area contributed by atoms with Crippen LogP contribution in [0.5, 0.6) is 5.75 Å². The maximum Gasteiger partial charge on any atom is 0.262 e. The maximum absolute atomic E-state index is 13.0. The molecule has 2 aromatic carbocycles. The summed E-state index contributed by atoms with van der Waals surface area (Å²) in [5.41, 5.74) is 5.96. The zero-order chi connectivity index (χ0) is 16.1. The molecule has 0 saturated heterocycles. The van der Waals surface area contributed by atoms with Crippen molar-refractivity contribution >= 4 is 29.1 Å². The topological polar surface area (TPSA) is 81.4 Å². The van der Waals surface area contributed by atoms with Crippen molar-refractivity contribution in [3.63, 3.8) is 0 Å². The zero-order valence-corrected chi connectivity index (χ0v) is 12.1. The van der Waals surface area contributed by atoms with Crippen LogP contribution in [0.4, 0.5) is 10.1 Å². The standard InChI is InChI=1S/C15H12ClFN2O3/c16-12-7-11(5-6-13(12)17)22-8-14(20)19-10-3-1-9(2-4-10)15(18)21/h1-7H,8H2,(H2,18,21)(H,19,20). The molecular formula is C15H12ClFN2O3. The van der Waals surface area contributed by atoms with E-state index in [2.05, 4.69) is 5.32 Å². The molecule has 0 heterocycles. The molecule has 0 radical (unpaired) electrons. The number of ether oxygens (including phenoxy) is 1. The maximum atomic E-state index is 13.0. The average molecular weight is 323 g/mol. The van der Waals surface area contributed by atoms with E-state index in [0.29, 0.717) is 11.3 Å². The molecule has 0 saturated carbocycles. The number of hydrogen-bond acceptors (Lipinski definition) is 3. The highest BCUT2D eigenvalue weighted by atomic mass is 35.5. The number of nitrogens with two attached hydrogens (primary N) is 1. The van der Waals surface area contributed by atoms with Crippen molar-refractivity contribution in [1.29, 1.82) is 0 Å². The Labute approximate surface area is 130 Å². The van der Waals surface area contributed by atoms with Crippen molar-refractivity contribution in [1.82, 2.24) is 0 Å². The summed E-state index contributed by atoms with van der Waals surface area (Å²) in [7, 11) is 0. The molecule has 5 nitrogen and oxygen atoms in total. The molecule has 0 spiro atoms. The summed E-state index contributed by atoms with van der Waals surface area (Å²) in [5.74, 6) is -1.24. The third kappa shape index (κ3) is 4.20. The number of primary amides is 1. The van der Waals surface area contributed by atoms with Crippen LogP contribution in [0.1, 0.15) is 10.4 Å². The van der Waals surface area contributed by atoms with Crippen LogP contribution >= 0.6 is 11.6 Å². The van der Waals surface area contributed by atoms with E-state index < -0.39 is 17.6 Å². The van der Waals surface area contributed by atoms with Crippen LogP contribution in [-0.4, -0.2) is 18.4 Å². The van der Waals surface area contributed by atoms with Crippen LogP contribution in [0.2, 0.25) is 5.02 Å². The molecule has 2 amide bonds. The van der Waals surface area contributed by atoms with Crippen LogP contribution in [-0.2, 0) is 4.79 Å². The Morgan fingerprint density at radius 3 is 2.45 bits per heavy atom. The molecule has 3 N–H and O–H groups in total. The van der Waals surface area contributed by atoms with Gasteiger partial charge in [-0.25, -0.2) is 4.39 Å². The Balaban J connectivity index is 1.89. The fourth-order valence-electron chi connectivity index (χ4n) is 1.63. The number of benzene rings is 2. The van der Waals surface area contributed by atoms with Crippen molar-refractivity contribution in [2.45, 2.75) is 0 Å². The highest BCUT2D eigenvalue weighted by Crippen LogP contribution is 2.21. The largest absolute Gasteiger partial charge is 0.484 e. The lowest BCUT2D eigenvalue weighted by atomic mass is 10.2. The van der Waals surface area contributed by atoms with Gasteiger partial charge in [0, 0.05) is 17.3 Å². The molecule has 0 aliphatic carbocycles. The van der Waals surface area contributed by atoms with Crippen LogP contribution < -0.4 is 15.8 Å². The lowest BCUT2D eigenvalue weighted by Crippen LogP contribution is -2.20. The van der Waals surface area contributed by atoms with E-state index >= 15 is 0 Å². The Morgan fingerprint density at radius 1 is 1.18 bits per heavy atom. The molecule has 7 heteroatoms. The summed E-state index contributed by atoms with van der Waals surface area (Å²) in [4.78, 5) is 22.6. The highest BCUT2D eigenvalue weighted by molar-refractivity contribution is 6.30. The number of rotatable bonds is 5. The van der Waals surface area contributed by atoms with Crippen LogP contribution in [0, 0.1) is 5.82 Å². The minimum Gasteiger partial charge on any atom is -0.484 e. The van der Waals surface area contributed by atoms with Crippen molar-refractivity contribution in [2.75, 3.05) is 11.9 Å². The first-order valence-electron chi connectivity index (χ1n) is 6.23. The van der Waals surface area contributed by atoms with E-state index in [1.54, 1.807) is 12.1 Å². The molecule has 114 valence electrons. The molecule has 0 unspecified atom stereocenters. The minimum atomic E-state index is -0.562. The Kier molecular flexibility index (Phi) is 4.95. The Hall–Kier alpha value is -2.60. The number of carbonyl (C=O) groups is 2. The van der Waals surface area contributed by atoms with Gasteiger partial charge in [0.05, 0.1) is 5.02 Å². The van der Waals surface area contributed by atoms with Crippen LogP contribution in [0.3, 0.4) is 0 Å². The monoisotopic (exact) mass is 322 g/mol. The molecule has 22 heavy (non-hydrogen) atoms. The van der Waals surface area contributed by atoms with E-state index in [1.165, 1.54) is 24.3 Å². The molecule has 0 aliphatic heterocycles. The molecule has 2 aromatic rings. The fraction of sp³-hybridized carbons (Fsp3) is 0.0667. The summed E-state index contributed by atoms with van der Waals surface area (Å²) in [6.07, 6.45) is 0. The quantitative estimate of drug-likeness (QED) is 0.887. The molecule has 0 aliphatic rings. The van der Waals surface area contributed by atoms with E-state index in [1.807, 2.05) is 0 Å². The Bertz CT molecular complexity index is 704. The summed E-state index contributed by atoms with van der Waals surface area (Å²) >= 11 is 5.61. The van der Waals surface area contributed by atoms with E-state index in [0.717, 1.165) is 6.07 Å². The fourth-order valence-corrected chi connectivity index (χ4v) is 1.80. The van der Waals surface area contributed by atoms with Crippen molar-refractivity contribution < 1.29 is 18.7 Å². The third-order valence-electron chi connectivity index (χ3n) is 2.71. The van der Waals surface area contributed by atoms with Crippen molar-refractivity contribution in [3.05, 3.63) is 58.9 Å². The number of amides is 2. The number of carbonyl (C=O) groups excluding carboxylic acids is 2. The second kappa shape index (κ2) is 6.91. The van der Waals surface area contributed by atoms with Crippen LogP contribution in [0.15, 0.2) is 42.5 Å². The van der Waals surface area contributed by atoms with Gasteiger partial charge in [-0.05, 0) is 36.4 Å². The third-order valence-corrected chi connectivity index (χ3v) is 3.00. The normalized spacial score (nSPS) is 10.1.